The number of carbonyl (C=O) groups excluding carboxylic acids is 1. The molecule has 0 aromatic heterocycles. The van der Waals surface area contributed by atoms with Gasteiger partial charge in [-0.25, -0.2) is 0 Å². The summed E-state index contributed by atoms with van der Waals surface area (Å²) in [5.74, 6) is -0.445. The number of nitrogens with zero attached hydrogens (tertiary/aromatic N) is 1. The Morgan fingerprint density at radius 1 is 1.47 bits per heavy atom. The minimum Gasteiger partial charge on any atom is -0.393 e. The molecule has 0 aliphatic rings. The van der Waals surface area contributed by atoms with Gasteiger partial charge in [0.1, 0.15) is 0 Å². The number of hydrogen-bond donors (Lipinski definition) is 1. The van der Waals surface area contributed by atoms with E-state index in [-0.39, 0.29) is 10.9 Å². The summed E-state index contributed by atoms with van der Waals surface area (Å²) in [6, 6.07) is 8.01. The second-order valence-corrected chi connectivity index (χ2v) is 4.72. The normalized spacial score (nSPS) is 11.9. The average molecular weight is 250 g/mol. The topological polar surface area (TPSA) is 46.3 Å². The largest absolute Gasteiger partial charge is 0.393 e. The van der Waals surface area contributed by atoms with Gasteiger partial charge in [0.15, 0.2) is 0 Å². The molecule has 1 atom stereocenters. The van der Waals surface area contributed by atoms with Crippen molar-refractivity contribution in [2.45, 2.75) is 20.4 Å². The first-order valence-corrected chi connectivity index (χ1v) is 5.93. The van der Waals surface area contributed by atoms with Crippen LogP contribution in [0.5, 0.6) is 0 Å². The van der Waals surface area contributed by atoms with Crippen LogP contribution in [0, 0.1) is 12.8 Å². The molecule has 0 aliphatic heterocycles. The number of aryl methyl sites for hydroxylation is 1. The summed E-state index contributed by atoms with van der Waals surface area (Å²) in [6.07, 6.45) is 0. The predicted octanol–water partition coefficient (Wildman–Crippen LogP) is 1.88. The lowest BCUT2D eigenvalue weighted by Crippen LogP contribution is -2.37. The molecule has 1 rings (SSSR count). The Balaban J connectivity index is 2.73. The molecule has 0 bridgehead atoms. The zero-order valence-electron chi connectivity index (χ0n) is 10.4. The second-order valence-electron chi connectivity index (χ2n) is 4.24. The molecule has 17 heavy (non-hydrogen) atoms. The van der Waals surface area contributed by atoms with Crippen molar-refractivity contribution in [2.24, 2.45) is 11.7 Å². The highest BCUT2D eigenvalue weighted by Gasteiger charge is 2.19. The standard InChI is InChI=1S/C13H18N2OS/c1-9-6-4-5-7-11(9)8-15(3)13(16)10(2)12(14)17/h4-7,10H,8H2,1-3H3,(H2,14,17). The summed E-state index contributed by atoms with van der Waals surface area (Å²) in [6.45, 7) is 4.35. The first-order chi connectivity index (χ1) is 7.93. The van der Waals surface area contributed by atoms with Gasteiger partial charge in [0.05, 0.1) is 10.9 Å². The molecular weight excluding hydrogens is 232 g/mol. The van der Waals surface area contributed by atoms with Crippen LogP contribution in [-0.4, -0.2) is 22.8 Å². The summed E-state index contributed by atoms with van der Waals surface area (Å²) in [5.41, 5.74) is 7.80. The molecule has 1 aromatic carbocycles. The number of benzene rings is 1. The molecular formula is C13H18N2OS. The third kappa shape index (κ3) is 3.53. The van der Waals surface area contributed by atoms with Gasteiger partial charge in [0.25, 0.3) is 0 Å². The molecule has 0 fully saturated rings. The third-order valence-electron chi connectivity index (χ3n) is 2.84. The number of carbonyl (C=O) groups is 1. The fourth-order valence-electron chi connectivity index (χ4n) is 1.57. The van der Waals surface area contributed by atoms with Gasteiger partial charge in [-0.2, -0.15) is 0 Å². The minimum absolute atomic E-state index is 0.0410. The lowest BCUT2D eigenvalue weighted by Gasteiger charge is -2.21. The molecule has 0 spiro atoms. The number of nitrogens with two attached hydrogens (primary N) is 1. The highest BCUT2D eigenvalue weighted by atomic mass is 32.1. The van der Waals surface area contributed by atoms with Crippen LogP contribution < -0.4 is 5.73 Å². The van der Waals surface area contributed by atoms with E-state index in [4.69, 9.17) is 18.0 Å². The highest BCUT2D eigenvalue weighted by Crippen LogP contribution is 2.11. The first-order valence-electron chi connectivity index (χ1n) is 5.52. The molecule has 1 unspecified atom stereocenters. The van der Waals surface area contributed by atoms with Crippen LogP contribution in [-0.2, 0) is 11.3 Å². The van der Waals surface area contributed by atoms with E-state index in [1.807, 2.05) is 31.2 Å². The lowest BCUT2D eigenvalue weighted by atomic mass is 10.1. The van der Waals surface area contributed by atoms with Crippen LogP contribution in [0.15, 0.2) is 24.3 Å². The van der Waals surface area contributed by atoms with E-state index >= 15 is 0 Å². The Morgan fingerprint density at radius 3 is 2.59 bits per heavy atom. The van der Waals surface area contributed by atoms with Crippen LogP contribution in [0.3, 0.4) is 0 Å². The molecule has 0 radical (unpaired) electrons. The molecule has 4 heteroatoms. The van der Waals surface area contributed by atoms with E-state index in [0.717, 1.165) is 5.56 Å². The highest BCUT2D eigenvalue weighted by molar-refractivity contribution is 7.80. The number of amides is 1. The zero-order valence-corrected chi connectivity index (χ0v) is 11.3. The van der Waals surface area contributed by atoms with Crippen LogP contribution in [0.4, 0.5) is 0 Å². The predicted molar refractivity (Wildman–Crippen MR) is 73.6 cm³/mol. The van der Waals surface area contributed by atoms with Crippen molar-refractivity contribution in [2.75, 3.05) is 7.05 Å². The van der Waals surface area contributed by atoms with Gasteiger partial charge in [-0.1, -0.05) is 36.5 Å². The molecule has 1 amide bonds. The number of rotatable bonds is 4. The third-order valence-corrected chi connectivity index (χ3v) is 3.20. The van der Waals surface area contributed by atoms with E-state index in [1.165, 1.54) is 5.56 Å². The van der Waals surface area contributed by atoms with E-state index in [9.17, 15) is 4.79 Å². The van der Waals surface area contributed by atoms with Gasteiger partial charge in [-0.3, -0.25) is 4.79 Å². The summed E-state index contributed by atoms with van der Waals surface area (Å²) >= 11 is 4.83. The molecule has 0 aliphatic carbocycles. The minimum atomic E-state index is -0.404. The van der Waals surface area contributed by atoms with Gasteiger partial charge in [0.2, 0.25) is 5.91 Å². The second kappa shape index (κ2) is 5.77. The van der Waals surface area contributed by atoms with E-state index in [1.54, 1.807) is 18.9 Å². The number of hydrogen-bond acceptors (Lipinski definition) is 2. The number of thiocarbonyl (C=S) groups is 1. The van der Waals surface area contributed by atoms with Gasteiger partial charge >= 0.3 is 0 Å². The first kappa shape index (κ1) is 13.6. The molecule has 0 saturated carbocycles. The SMILES string of the molecule is Cc1ccccc1CN(C)C(=O)C(C)C(N)=S. The molecule has 2 N–H and O–H groups in total. The van der Waals surface area contributed by atoms with Gasteiger partial charge in [-0.05, 0) is 25.0 Å². The molecule has 3 nitrogen and oxygen atoms in total. The van der Waals surface area contributed by atoms with E-state index in [0.29, 0.717) is 6.54 Å². The van der Waals surface area contributed by atoms with Crippen molar-refractivity contribution >= 4 is 23.1 Å². The van der Waals surface area contributed by atoms with Crippen molar-refractivity contribution in [1.29, 1.82) is 0 Å². The molecule has 0 saturated heterocycles. The van der Waals surface area contributed by atoms with Crippen molar-refractivity contribution in [3.63, 3.8) is 0 Å². The summed E-state index contributed by atoms with van der Waals surface area (Å²) in [7, 11) is 1.77. The van der Waals surface area contributed by atoms with Crippen molar-refractivity contribution in [3.8, 4) is 0 Å². The summed E-state index contributed by atoms with van der Waals surface area (Å²) < 4.78 is 0. The van der Waals surface area contributed by atoms with E-state index in [2.05, 4.69) is 0 Å². The molecule has 1 aromatic rings. The fraction of sp³-hybridized carbons (Fsp3) is 0.385. The molecule has 0 heterocycles. The Bertz CT molecular complexity index is 431. The van der Waals surface area contributed by atoms with Gasteiger partial charge < -0.3 is 10.6 Å². The maximum absolute atomic E-state index is 12.0. The maximum atomic E-state index is 12.0. The smallest absolute Gasteiger partial charge is 0.232 e. The van der Waals surface area contributed by atoms with Crippen molar-refractivity contribution < 1.29 is 4.79 Å². The summed E-state index contributed by atoms with van der Waals surface area (Å²) in [5, 5.41) is 0. The fourth-order valence-corrected chi connectivity index (χ4v) is 1.67. The Hall–Kier alpha value is -1.42. The summed E-state index contributed by atoms with van der Waals surface area (Å²) in [4.78, 5) is 13.9. The Kier molecular flexibility index (Phi) is 4.63. The quantitative estimate of drug-likeness (QED) is 0.830. The molecule has 92 valence electrons. The van der Waals surface area contributed by atoms with E-state index < -0.39 is 5.92 Å². The average Bonchev–Trinajstić information content (AvgIpc) is 2.30. The maximum Gasteiger partial charge on any atom is 0.232 e. The van der Waals surface area contributed by atoms with Crippen LogP contribution >= 0.6 is 12.2 Å². The Morgan fingerprint density at radius 2 is 2.06 bits per heavy atom. The van der Waals surface area contributed by atoms with Crippen molar-refractivity contribution in [1.82, 2.24) is 4.90 Å². The van der Waals surface area contributed by atoms with Crippen LogP contribution in [0.25, 0.3) is 0 Å². The van der Waals surface area contributed by atoms with Gasteiger partial charge in [0, 0.05) is 13.6 Å². The lowest BCUT2D eigenvalue weighted by molar-refractivity contribution is -0.132. The Labute approximate surface area is 108 Å². The van der Waals surface area contributed by atoms with Crippen LogP contribution in [0.2, 0.25) is 0 Å². The zero-order chi connectivity index (χ0) is 13.0. The van der Waals surface area contributed by atoms with Crippen molar-refractivity contribution in [3.05, 3.63) is 35.4 Å². The monoisotopic (exact) mass is 250 g/mol. The van der Waals surface area contributed by atoms with Gasteiger partial charge in [-0.15, -0.1) is 0 Å². The van der Waals surface area contributed by atoms with Crippen LogP contribution in [0.1, 0.15) is 18.1 Å².